The second-order valence-corrected chi connectivity index (χ2v) is 3.62. The van der Waals surface area contributed by atoms with Crippen LogP contribution in [0.1, 0.15) is 5.56 Å². The minimum atomic E-state index is -2.39. The molecule has 0 radical (unpaired) electrons. The van der Waals surface area contributed by atoms with Gasteiger partial charge in [-0.2, -0.15) is 0 Å². The van der Waals surface area contributed by atoms with E-state index in [-0.39, 0.29) is 12.4 Å². The number of fused-ring (bicyclic) bond motifs is 1. The number of benzene rings is 1. The maximum Gasteiger partial charge on any atom is 0.256 e. The predicted octanol–water partition coefficient (Wildman–Crippen LogP) is 2.00. The third-order valence-electron chi connectivity index (χ3n) is 2.51. The van der Waals surface area contributed by atoms with E-state index in [9.17, 15) is 8.78 Å². The average Bonchev–Trinajstić information content (AvgIpc) is 2.70. The lowest BCUT2D eigenvalue weighted by atomic mass is 10.1. The molecule has 4 nitrogen and oxygen atoms in total. The molecule has 2 aromatic rings. The fourth-order valence-electron chi connectivity index (χ4n) is 1.73. The minimum absolute atomic E-state index is 0.00601. The van der Waals surface area contributed by atoms with Crippen LogP contribution >= 0.6 is 0 Å². The molecular weight excluding hydrogens is 228 g/mol. The van der Waals surface area contributed by atoms with Gasteiger partial charge in [-0.1, -0.05) is 5.16 Å². The van der Waals surface area contributed by atoms with E-state index in [1.54, 1.807) is 30.5 Å². The van der Waals surface area contributed by atoms with Crippen LogP contribution in [0.3, 0.4) is 0 Å². The van der Waals surface area contributed by atoms with Crippen molar-refractivity contribution in [1.29, 1.82) is 0 Å². The van der Waals surface area contributed by atoms with Crippen LogP contribution in [0.4, 0.5) is 8.78 Å². The van der Waals surface area contributed by atoms with E-state index in [0.717, 1.165) is 5.39 Å². The Morgan fingerprint density at radius 3 is 2.82 bits per heavy atom. The first-order valence-electron chi connectivity index (χ1n) is 4.97. The number of nitrogens with zero attached hydrogens (tertiary/aromatic N) is 2. The van der Waals surface area contributed by atoms with Crippen LogP contribution in [0.2, 0.25) is 0 Å². The molecule has 0 saturated carbocycles. The Labute approximate surface area is 95.9 Å². The van der Waals surface area contributed by atoms with Gasteiger partial charge in [0.2, 0.25) is 0 Å². The smallest absolute Gasteiger partial charge is 0.256 e. The summed E-state index contributed by atoms with van der Waals surface area (Å²) in [6.45, 7) is -0.341. The number of hydrogen-bond acceptors (Lipinski definition) is 2. The highest BCUT2D eigenvalue weighted by molar-refractivity contribution is 6.00. The Bertz CT molecular complexity index is 563. The molecule has 0 unspecified atom stereocenters. The van der Waals surface area contributed by atoms with Crippen LogP contribution in [0.15, 0.2) is 35.6 Å². The highest BCUT2D eigenvalue weighted by Crippen LogP contribution is 2.18. The summed E-state index contributed by atoms with van der Waals surface area (Å²) in [6.07, 6.45) is -0.804. The molecule has 0 spiro atoms. The van der Waals surface area contributed by atoms with Crippen LogP contribution in [0.5, 0.6) is 0 Å². The summed E-state index contributed by atoms with van der Waals surface area (Å²) < 4.78 is 26.1. The van der Waals surface area contributed by atoms with Crippen molar-refractivity contribution in [1.82, 2.24) is 4.57 Å². The zero-order valence-corrected chi connectivity index (χ0v) is 8.85. The van der Waals surface area contributed by atoms with Gasteiger partial charge in [-0.25, -0.2) is 8.78 Å². The largest absolute Gasteiger partial charge is 0.409 e. The molecule has 1 heterocycles. The summed E-state index contributed by atoms with van der Waals surface area (Å²) >= 11 is 0. The highest BCUT2D eigenvalue weighted by atomic mass is 19.3. The Morgan fingerprint density at radius 2 is 2.18 bits per heavy atom. The van der Waals surface area contributed by atoms with Crippen molar-refractivity contribution in [3.63, 3.8) is 0 Å². The summed E-state index contributed by atoms with van der Waals surface area (Å²) in [5.74, 6) is -0.00601. The molecule has 0 fully saturated rings. The summed E-state index contributed by atoms with van der Waals surface area (Å²) in [6, 6.07) is 6.70. The molecule has 3 N–H and O–H groups in total. The van der Waals surface area contributed by atoms with Crippen LogP contribution in [0, 0.1) is 0 Å². The standard InChI is InChI=1S/C11H11F2N3O/c12-10(13)6-16-4-3-7-5-8(11(14)15-17)1-2-9(7)16/h1-5,10,17H,6H2,(H2,14,15). The molecule has 90 valence electrons. The lowest BCUT2D eigenvalue weighted by molar-refractivity contribution is 0.128. The van der Waals surface area contributed by atoms with Crippen molar-refractivity contribution in [2.45, 2.75) is 13.0 Å². The summed E-state index contributed by atoms with van der Waals surface area (Å²) in [5.41, 5.74) is 6.69. The third-order valence-corrected chi connectivity index (χ3v) is 2.51. The molecule has 0 aliphatic carbocycles. The van der Waals surface area contributed by atoms with E-state index < -0.39 is 6.43 Å². The van der Waals surface area contributed by atoms with E-state index in [4.69, 9.17) is 10.9 Å². The zero-order valence-electron chi connectivity index (χ0n) is 8.85. The topological polar surface area (TPSA) is 63.5 Å². The lowest BCUT2D eigenvalue weighted by Crippen LogP contribution is -2.12. The molecule has 6 heteroatoms. The number of nitrogens with two attached hydrogens (primary N) is 1. The minimum Gasteiger partial charge on any atom is -0.409 e. The first-order chi connectivity index (χ1) is 8.11. The Hall–Kier alpha value is -2.11. The first kappa shape index (κ1) is 11.4. The molecular formula is C11H11F2N3O. The van der Waals surface area contributed by atoms with E-state index in [1.165, 1.54) is 4.57 Å². The Kier molecular flexibility index (Phi) is 2.95. The normalized spacial score (nSPS) is 12.5. The van der Waals surface area contributed by atoms with Crippen molar-refractivity contribution in [2.75, 3.05) is 0 Å². The zero-order chi connectivity index (χ0) is 12.4. The van der Waals surface area contributed by atoms with Crippen molar-refractivity contribution in [2.24, 2.45) is 10.9 Å². The van der Waals surface area contributed by atoms with Crippen molar-refractivity contribution >= 4 is 16.7 Å². The summed E-state index contributed by atoms with van der Waals surface area (Å²) in [5, 5.41) is 12.2. The lowest BCUT2D eigenvalue weighted by Gasteiger charge is -2.05. The Morgan fingerprint density at radius 1 is 1.41 bits per heavy atom. The van der Waals surface area contributed by atoms with Gasteiger partial charge in [0, 0.05) is 22.7 Å². The molecule has 0 aliphatic rings. The number of oxime groups is 1. The number of amidine groups is 1. The summed E-state index contributed by atoms with van der Waals surface area (Å²) in [7, 11) is 0. The van der Waals surface area contributed by atoms with Crippen molar-refractivity contribution in [3.8, 4) is 0 Å². The molecule has 2 rings (SSSR count). The monoisotopic (exact) mass is 239 g/mol. The van der Waals surface area contributed by atoms with Gasteiger partial charge in [-0.3, -0.25) is 0 Å². The third kappa shape index (κ3) is 2.20. The number of rotatable bonds is 3. The maximum atomic E-state index is 12.3. The van der Waals surface area contributed by atoms with Crippen LogP contribution in [0.25, 0.3) is 10.9 Å². The molecule has 1 aromatic heterocycles. The van der Waals surface area contributed by atoms with Gasteiger partial charge in [0.05, 0.1) is 6.54 Å². The van der Waals surface area contributed by atoms with Gasteiger partial charge in [0.25, 0.3) is 6.43 Å². The Balaban J connectivity index is 2.45. The van der Waals surface area contributed by atoms with E-state index >= 15 is 0 Å². The second kappa shape index (κ2) is 4.40. The van der Waals surface area contributed by atoms with E-state index in [2.05, 4.69) is 5.16 Å². The fourth-order valence-corrected chi connectivity index (χ4v) is 1.73. The molecule has 0 aliphatic heterocycles. The molecule has 0 bridgehead atoms. The first-order valence-corrected chi connectivity index (χ1v) is 4.97. The molecule has 0 amide bonds. The molecule has 1 aromatic carbocycles. The van der Waals surface area contributed by atoms with Gasteiger partial charge in [-0.15, -0.1) is 0 Å². The quantitative estimate of drug-likeness (QED) is 0.372. The van der Waals surface area contributed by atoms with Gasteiger partial charge in [0.1, 0.15) is 0 Å². The maximum absolute atomic E-state index is 12.3. The molecule has 0 saturated heterocycles. The summed E-state index contributed by atoms with van der Waals surface area (Å²) in [4.78, 5) is 0. The molecule has 0 atom stereocenters. The SMILES string of the molecule is N/C(=N/O)c1ccc2c(ccn2CC(F)F)c1. The molecule has 17 heavy (non-hydrogen) atoms. The van der Waals surface area contributed by atoms with E-state index in [0.29, 0.717) is 11.1 Å². The second-order valence-electron chi connectivity index (χ2n) is 3.62. The van der Waals surface area contributed by atoms with Crippen LogP contribution in [-0.2, 0) is 6.54 Å². The predicted molar refractivity (Wildman–Crippen MR) is 60.5 cm³/mol. The number of alkyl halides is 2. The van der Waals surface area contributed by atoms with Crippen LogP contribution in [-0.4, -0.2) is 22.0 Å². The van der Waals surface area contributed by atoms with Gasteiger partial charge in [-0.05, 0) is 24.3 Å². The van der Waals surface area contributed by atoms with Crippen molar-refractivity contribution in [3.05, 3.63) is 36.0 Å². The van der Waals surface area contributed by atoms with Gasteiger partial charge < -0.3 is 15.5 Å². The number of halogens is 2. The van der Waals surface area contributed by atoms with Gasteiger partial charge >= 0.3 is 0 Å². The van der Waals surface area contributed by atoms with Crippen molar-refractivity contribution < 1.29 is 14.0 Å². The number of hydrogen-bond donors (Lipinski definition) is 2. The van der Waals surface area contributed by atoms with Gasteiger partial charge in [0.15, 0.2) is 5.84 Å². The van der Waals surface area contributed by atoms with E-state index in [1.807, 2.05) is 0 Å². The number of aromatic nitrogens is 1. The average molecular weight is 239 g/mol. The van der Waals surface area contributed by atoms with Crippen LogP contribution < -0.4 is 5.73 Å². The fraction of sp³-hybridized carbons (Fsp3) is 0.182. The highest BCUT2D eigenvalue weighted by Gasteiger charge is 2.08.